The first-order valence-corrected chi connectivity index (χ1v) is 15.4. The zero-order valence-electron chi connectivity index (χ0n) is 24.2. The van der Waals surface area contributed by atoms with Gasteiger partial charge >= 0.3 is 0 Å². The number of rotatable bonds is 10. The van der Waals surface area contributed by atoms with E-state index in [1.54, 1.807) is 4.57 Å². The van der Waals surface area contributed by atoms with Crippen LogP contribution in [0.25, 0.3) is 0 Å². The van der Waals surface area contributed by atoms with Gasteiger partial charge in [-0.05, 0) is 55.4 Å². The van der Waals surface area contributed by atoms with Gasteiger partial charge in [0, 0.05) is 13.0 Å². The molecule has 14 heteroatoms. The smallest absolute Gasteiger partial charge is 0.162 e. The molecule has 2 fully saturated rings. The molecule has 2 heterocycles. The Morgan fingerprint density at radius 2 is 1.22 bits per heavy atom. The maximum atomic E-state index is 14.0. The molecule has 2 aromatic heterocycles. The second-order valence-corrected chi connectivity index (χ2v) is 13.9. The lowest BCUT2D eigenvalue weighted by Gasteiger charge is -2.34. The van der Waals surface area contributed by atoms with Crippen molar-refractivity contribution in [3.05, 3.63) is 107 Å². The van der Waals surface area contributed by atoms with Crippen LogP contribution >= 0.6 is 34.8 Å². The van der Waals surface area contributed by atoms with Gasteiger partial charge in [0.2, 0.25) is 0 Å². The highest BCUT2D eigenvalue weighted by Crippen LogP contribution is 2.56. The van der Waals surface area contributed by atoms with Crippen LogP contribution < -0.4 is 0 Å². The van der Waals surface area contributed by atoms with Crippen molar-refractivity contribution in [2.45, 2.75) is 71.8 Å². The molecule has 2 unspecified atom stereocenters. The van der Waals surface area contributed by atoms with Gasteiger partial charge < -0.3 is 14.2 Å². The molecule has 2 atom stereocenters. The summed E-state index contributed by atoms with van der Waals surface area (Å²) in [6.45, 7) is 0.173. The number of alkyl halides is 3. The van der Waals surface area contributed by atoms with Crippen LogP contribution in [0.15, 0.2) is 61.4 Å². The third-order valence-electron chi connectivity index (χ3n) is 8.54. The number of halogens is 7. The van der Waals surface area contributed by atoms with Crippen molar-refractivity contribution in [2.75, 3.05) is 0 Å². The fourth-order valence-corrected chi connectivity index (χ4v) is 6.37. The number of nitrogens with zero attached hydrogens (tertiary/aromatic N) is 6. The number of benzene rings is 2. The van der Waals surface area contributed by atoms with Gasteiger partial charge in [-0.2, -0.15) is 10.5 Å². The van der Waals surface area contributed by atoms with E-state index < -0.39 is 43.5 Å². The normalized spacial score (nSPS) is 18.2. The average Bonchev–Trinajstić information content (AvgIpc) is 3.86. The van der Waals surface area contributed by atoms with Crippen molar-refractivity contribution in [3.8, 4) is 12.1 Å². The molecule has 0 amide bonds. The van der Waals surface area contributed by atoms with Crippen LogP contribution in [0.2, 0.25) is 0 Å². The number of aliphatic hydroxyl groups is 1. The van der Waals surface area contributed by atoms with Crippen LogP contribution in [0.1, 0.15) is 48.2 Å². The van der Waals surface area contributed by atoms with Crippen molar-refractivity contribution in [1.82, 2.24) is 19.1 Å². The number of hydrogen-bond acceptors (Lipinski definition) is 5. The molecule has 240 valence electrons. The van der Waals surface area contributed by atoms with E-state index in [4.69, 9.17) is 45.3 Å². The summed E-state index contributed by atoms with van der Waals surface area (Å²) in [4.78, 5) is 5.13. The molecule has 0 saturated heterocycles. The maximum Gasteiger partial charge on any atom is 0.162 e. The predicted octanol–water partition coefficient (Wildman–Crippen LogP) is 6.80. The third-order valence-corrected chi connectivity index (χ3v) is 10.7. The SMILES string of the molecule is N#Cc1cncn1CC(Cl)(Cc1cccc(F)c1F)C1(Cl)CC1.N#Cc1cncn1CC(O)(Cc1cccc(F)c1F)C1(Cl)CC1. The Morgan fingerprint density at radius 1 is 0.761 bits per heavy atom. The van der Waals surface area contributed by atoms with Gasteiger partial charge in [-0.1, -0.05) is 24.3 Å². The van der Waals surface area contributed by atoms with Crippen LogP contribution in [0.4, 0.5) is 17.6 Å². The van der Waals surface area contributed by atoms with E-state index in [1.165, 1.54) is 53.9 Å². The Balaban J connectivity index is 0.000000181. The molecule has 0 spiro atoms. The summed E-state index contributed by atoms with van der Waals surface area (Å²) in [5.41, 5.74) is -0.682. The Bertz CT molecular complexity index is 1690. The van der Waals surface area contributed by atoms with E-state index >= 15 is 0 Å². The Kier molecular flexibility index (Phi) is 9.45. The fraction of sp³-hybridized carbons (Fsp3) is 0.375. The van der Waals surface area contributed by atoms with Crippen molar-refractivity contribution >= 4 is 34.8 Å². The number of aromatic nitrogens is 4. The summed E-state index contributed by atoms with van der Waals surface area (Å²) in [6, 6.07) is 11.8. The van der Waals surface area contributed by atoms with Gasteiger partial charge in [0.05, 0.1) is 46.2 Å². The molecule has 2 aliphatic rings. The summed E-state index contributed by atoms with van der Waals surface area (Å²) in [5, 5.41) is 29.2. The quantitative estimate of drug-likeness (QED) is 0.145. The number of hydrogen-bond donors (Lipinski definition) is 1. The molecular formula is C32H27Cl3F4N6O. The minimum Gasteiger partial charge on any atom is -0.386 e. The van der Waals surface area contributed by atoms with E-state index in [0.29, 0.717) is 31.4 Å². The van der Waals surface area contributed by atoms with Crippen molar-refractivity contribution in [2.24, 2.45) is 0 Å². The number of imidazole rings is 2. The molecule has 0 radical (unpaired) electrons. The zero-order chi connectivity index (χ0) is 33.3. The largest absolute Gasteiger partial charge is 0.386 e. The van der Waals surface area contributed by atoms with Gasteiger partial charge in [0.25, 0.3) is 0 Å². The standard InChI is InChI=1S/C16H13Cl2F2N3.C16H14ClF2N3O/c17-15(4-5-15)16(18,9-23-10-22-8-12(23)7-21)6-11-2-1-3-13(19)14(11)20;17-15(4-5-15)16(23,9-22-10-21-8-12(22)7-20)6-11-2-1-3-13(18)14(11)19/h1-3,8,10H,4-6,9H2;1-3,8,10,23H,4-6,9H2. The average molecular weight is 694 g/mol. The topological polar surface area (TPSA) is 103 Å². The molecule has 2 aromatic carbocycles. The Labute approximate surface area is 277 Å². The highest BCUT2D eigenvalue weighted by molar-refractivity contribution is 6.36. The monoisotopic (exact) mass is 692 g/mol. The lowest BCUT2D eigenvalue weighted by Crippen LogP contribution is -2.47. The second kappa shape index (κ2) is 12.9. The van der Waals surface area contributed by atoms with Crippen molar-refractivity contribution in [1.29, 1.82) is 10.5 Å². The maximum absolute atomic E-state index is 14.0. The van der Waals surface area contributed by atoms with Crippen LogP contribution in [0, 0.1) is 45.9 Å². The zero-order valence-corrected chi connectivity index (χ0v) is 26.5. The van der Waals surface area contributed by atoms with Gasteiger partial charge in [0.1, 0.15) is 29.1 Å². The molecule has 6 rings (SSSR count). The molecular weight excluding hydrogens is 667 g/mol. The summed E-state index contributed by atoms with van der Waals surface area (Å²) < 4.78 is 57.9. The van der Waals surface area contributed by atoms with E-state index in [0.717, 1.165) is 12.1 Å². The molecule has 46 heavy (non-hydrogen) atoms. The van der Waals surface area contributed by atoms with Crippen molar-refractivity contribution < 1.29 is 22.7 Å². The third kappa shape index (κ3) is 6.74. The van der Waals surface area contributed by atoms with Gasteiger partial charge in [-0.15, -0.1) is 34.8 Å². The molecule has 7 nitrogen and oxygen atoms in total. The van der Waals surface area contributed by atoms with Crippen LogP contribution in [-0.2, 0) is 25.9 Å². The lowest BCUT2D eigenvalue weighted by atomic mass is 9.88. The van der Waals surface area contributed by atoms with E-state index in [-0.39, 0.29) is 42.8 Å². The Morgan fingerprint density at radius 3 is 1.67 bits per heavy atom. The Hall–Kier alpha value is -3.61. The first kappa shape index (κ1) is 33.7. The first-order valence-electron chi connectivity index (χ1n) is 14.2. The summed E-state index contributed by atoms with van der Waals surface area (Å²) in [7, 11) is 0. The van der Waals surface area contributed by atoms with E-state index in [1.807, 2.05) is 12.1 Å². The highest BCUT2D eigenvalue weighted by atomic mass is 35.5. The van der Waals surface area contributed by atoms with Crippen LogP contribution in [0.3, 0.4) is 0 Å². The second-order valence-electron chi connectivity index (χ2n) is 11.7. The molecule has 4 aromatic rings. The molecule has 2 aliphatic carbocycles. The minimum absolute atomic E-state index is 0.0185. The summed E-state index contributed by atoms with van der Waals surface area (Å²) in [6.07, 6.45) is 8.11. The fourth-order valence-electron chi connectivity index (χ4n) is 5.46. The molecule has 0 bridgehead atoms. The predicted molar refractivity (Wildman–Crippen MR) is 163 cm³/mol. The summed E-state index contributed by atoms with van der Waals surface area (Å²) in [5.74, 6) is -3.78. The van der Waals surface area contributed by atoms with Gasteiger partial charge in [-0.3, -0.25) is 0 Å². The molecule has 1 N–H and O–H groups in total. The summed E-state index contributed by atoms with van der Waals surface area (Å²) >= 11 is 19.7. The van der Waals surface area contributed by atoms with Crippen LogP contribution in [-0.4, -0.2) is 44.4 Å². The minimum atomic E-state index is -1.52. The van der Waals surface area contributed by atoms with E-state index in [9.17, 15) is 22.7 Å². The molecule has 0 aliphatic heterocycles. The van der Waals surface area contributed by atoms with Crippen LogP contribution in [0.5, 0.6) is 0 Å². The first-order chi connectivity index (χ1) is 21.8. The number of nitriles is 2. The lowest BCUT2D eigenvalue weighted by molar-refractivity contribution is 0.00983. The highest BCUT2D eigenvalue weighted by Gasteiger charge is 2.59. The van der Waals surface area contributed by atoms with Gasteiger partial charge in [0.15, 0.2) is 23.3 Å². The van der Waals surface area contributed by atoms with Crippen molar-refractivity contribution in [3.63, 3.8) is 0 Å². The van der Waals surface area contributed by atoms with Gasteiger partial charge in [-0.25, -0.2) is 27.5 Å². The molecule has 2 saturated carbocycles. The van der Waals surface area contributed by atoms with E-state index in [2.05, 4.69) is 9.97 Å².